The summed E-state index contributed by atoms with van der Waals surface area (Å²) < 4.78 is 15.8. The Morgan fingerprint density at radius 2 is 1.76 bits per heavy atom. The molecule has 6 nitrogen and oxygen atoms in total. The van der Waals surface area contributed by atoms with E-state index in [1.54, 1.807) is 7.11 Å². The van der Waals surface area contributed by atoms with Crippen molar-refractivity contribution in [3.8, 4) is 17.1 Å². The lowest BCUT2D eigenvalue weighted by Crippen LogP contribution is -2.37. The van der Waals surface area contributed by atoms with Gasteiger partial charge in [0.15, 0.2) is 10.6 Å². The number of ether oxygens (including phenoxy) is 2. The van der Waals surface area contributed by atoms with E-state index in [0.29, 0.717) is 6.67 Å². The molecule has 7 heteroatoms. The van der Waals surface area contributed by atoms with Crippen LogP contribution in [-0.4, -0.2) is 52.7 Å². The molecule has 2 heterocycles. The van der Waals surface area contributed by atoms with E-state index >= 15 is 0 Å². The highest BCUT2D eigenvalue weighted by atomic mass is 32.1. The van der Waals surface area contributed by atoms with Crippen LogP contribution in [0.3, 0.4) is 0 Å². The van der Waals surface area contributed by atoms with E-state index in [9.17, 15) is 0 Å². The Bertz CT molecular complexity index is 994. The standard InChI is InChI=1S/C22H26N4O2S/c1-27-20-10-6-5-9-19(20)21-23-26(17-24-13-15-28-16-14-24)22(29)25(21)12-11-18-7-3-2-4-8-18/h2-10H,11-17H2,1H3. The van der Waals surface area contributed by atoms with Gasteiger partial charge in [-0.25, -0.2) is 4.68 Å². The van der Waals surface area contributed by atoms with Gasteiger partial charge in [0.2, 0.25) is 0 Å². The van der Waals surface area contributed by atoms with Gasteiger partial charge >= 0.3 is 0 Å². The molecule has 1 aromatic heterocycles. The number of para-hydroxylation sites is 1. The molecular weight excluding hydrogens is 384 g/mol. The Balaban J connectivity index is 1.69. The molecule has 2 aromatic carbocycles. The monoisotopic (exact) mass is 410 g/mol. The molecule has 1 aliphatic rings. The largest absolute Gasteiger partial charge is 0.496 e. The van der Waals surface area contributed by atoms with Gasteiger partial charge in [-0.3, -0.25) is 9.47 Å². The van der Waals surface area contributed by atoms with Crippen LogP contribution in [0.15, 0.2) is 54.6 Å². The van der Waals surface area contributed by atoms with E-state index in [-0.39, 0.29) is 0 Å². The van der Waals surface area contributed by atoms with Gasteiger partial charge in [0, 0.05) is 19.6 Å². The van der Waals surface area contributed by atoms with Gasteiger partial charge in [0.1, 0.15) is 5.75 Å². The summed E-state index contributed by atoms with van der Waals surface area (Å²) in [4.78, 5) is 2.32. The first-order chi connectivity index (χ1) is 14.3. The third kappa shape index (κ3) is 4.58. The van der Waals surface area contributed by atoms with Gasteiger partial charge in [0.05, 0.1) is 32.6 Å². The first-order valence-electron chi connectivity index (χ1n) is 9.91. The number of aromatic nitrogens is 3. The maximum absolute atomic E-state index is 5.84. The van der Waals surface area contributed by atoms with Crippen molar-refractivity contribution in [1.82, 2.24) is 19.2 Å². The van der Waals surface area contributed by atoms with E-state index in [2.05, 4.69) is 33.7 Å². The topological polar surface area (TPSA) is 44.4 Å². The normalized spacial score (nSPS) is 14.8. The third-order valence-electron chi connectivity index (χ3n) is 5.18. The van der Waals surface area contributed by atoms with Crippen LogP contribution in [0.5, 0.6) is 5.75 Å². The number of morpholine rings is 1. The smallest absolute Gasteiger partial charge is 0.199 e. The van der Waals surface area contributed by atoms with E-state index in [1.807, 2.05) is 35.0 Å². The second kappa shape index (κ2) is 9.35. The van der Waals surface area contributed by atoms with Crippen molar-refractivity contribution in [3.63, 3.8) is 0 Å². The quantitative estimate of drug-likeness (QED) is 0.557. The number of benzene rings is 2. The summed E-state index contributed by atoms with van der Waals surface area (Å²) in [6.45, 7) is 4.72. The highest BCUT2D eigenvalue weighted by molar-refractivity contribution is 7.71. The Kier molecular flexibility index (Phi) is 6.39. The van der Waals surface area contributed by atoms with E-state index < -0.39 is 0 Å². The lowest BCUT2D eigenvalue weighted by molar-refractivity contribution is 0.0209. The highest BCUT2D eigenvalue weighted by Crippen LogP contribution is 2.29. The Hall–Kier alpha value is -2.48. The van der Waals surface area contributed by atoms with Crippen LogP contribution in [0.2, 0.25) is 0 Å². The van der Waals surface area contributed by atoms with Crippen molar-refractivity contribution in [1.29, 1.82) is 0 Å². The fourth-order valence-corrected chi connectivity index (χ4v) is 3.86. The molecule has 0 unspecified atom stereocenters. The van der Waals surface area contributed by atoms with Gasteiger partial charge in [0.25, 0.3) is 0 Å². The maximum Gasteiger partial charge on any atom is 0.199 e. The second-order valence-electron chi connectivity index (χ2n) is 7.07. The molecule has 0 atom stereocenters. The highest BCUT2D eigenvalue weighted by Gasteiger charge is 2.18. The van der Waals surface area contributed by atoms with Crippen molar-refractivity contribution in [2.75, 3.05) is 33.4 Å². The number of methoxy groups -OCH3 is 1. The van der Waals surface area contributed by atoms with Crippen LogP contribution < -0.4 is 4.74 Å². The van der Waals surface area contributed by atoms with E-state index in [4.69, 9.17) is 26.8 Å². The molecule has 4 rings (SSSR count). The average molecular weight is 411 g/mol. The lowest BCUT2D eigenvalue weighted by Gasteiger charge is -2.26. The summed E-state index contributed by atoms with van der Waals surface area (Å²) in [6.07, 6.45) is 0.889. The summed E-state index contributed by atoms with van der Waals surface area (Å²) in [5.41, 5.74) is 2.23. The molecule has 0 radical (unpaired) electrons. The number of rotatable bonds is 7. The van der Waals surface area contributed by atoms with Gasteiger partial charge < -0.3 is 9.47 Å². The summed E-state index contributed by atoms with van der Waals surface area (Å²) in [5.74, 6) is 1.64. The maximum atomic E-state index is 5.84. The van der Waals surface area contributed by atoms with Crippen LogP contribution in [0.4, 0.5) is 0 Å². The van der Waals surface area contributed by atoms with Crippen molar-refractivity contribution in [2.24, 2.45) is 0 Å². The minimum atomic E-state index is 0.669. The number of hydrogen-bond donors (Lipinski definition) is 0. The fraction of sp³-hybridized carbons (Fsp3) is 0.364. The Morgan fingerprint density at radius 3 is 2.52 bits per heavy atom. The predicted octanol–water partition coefficient (Wildman–Crippen LogP) is 3.62. The molecule has 29 heavy (non-hydrogen) atoms. The zero-order valence-electron chi connectivity index (χ0n) is 16.7. The number of aryl methyl sites for hydroxylation is 1. The van der Waals surface area contributed by atoms with Gasteiger partial charge in [-0.15, -0.1) is 0 Å². The van der Waals surface area contributed by atoms with Crippen molar-refractivity contribution < 1.29 is 9.47 Å². The number of hydrogen-bond acceptors (Lipinski definition) is 5. The molecule has 1 aliphatic heterocycles. The zero-order chi connectivity index (χ0) is 20.1. The molecule has 0 amide bonds. The molecule has 3 aromatic rings. The first-order valence-corrected chi connectivity index (χ1v) is 10.3. The molecular formula is C22H26N4O2S. The molecule has 0 saturated carbocycles. The van der Waals surface area contributed by atoms with Crippen LogP contribution in [0.25, 0.3) is 11.4 Å². The Morgan fingerprint density at radius 1 is 1.03 bits per heavy atom. The van der Waals surface area contributed by atoms with Crippen LogP contribution >= 0.6 is 12.2 Å². The molecule has 0 bridgehead atoms. The lowest BCUT2D eigenvalue weighted by atomic mass is 10.1. The summed E-state index contributed by atoms with van der Waals surface area (Å²) >= 11 is 5.84. The van der Waals surface area contributed by atoms with Crippen LogP contribution in [0.1, 0.15) is 5.56 Å². The minimum Gasteiger partial charge on any atom is -0.496 e. The molecule has 0 spiro atoms. The minimum absolute atomic E-state index is 0.669. The van der Waals surface area contributed by atoms with Crippen molar-refractivity contribution >= 4 is 12.2 Å². The van der Waals surface area contributed by atoms with Crippen LogP contribution in [0, 0.1) is 4.77 Å². The molecule has 0 N–H and O–H groups in total. The van der Waals surface area contributed by atoms with Crippen LogP contribution in [-0.2, 0) is 24.4 Å². The zero-order valence-corrected chi connectivity index (χ0v) is 17.5. The summed E-state index contributed by atoms with van der Waals surface area (Å²) in [5, 5.41) is 4.91. The SMILES string of the molecule is COc1ccccc1-c1nn(CN2CCOCC2)c(=S)n1CCc1ccccc1. The Labute approximate surface area is 176 Å². The van der Waals surface area contributed by atoms with Gasteiger partial charge in [-0.05, 0) is 36.3 Å². The van der Waals surface area contributed by atoms with Gasteiger partial charge in [-0.2, -0.15) is 5.10 Å². The fourth-order valence-electron chi connectivity index (χ4n) is 3.58. The second-order valence-corrected chi connectivity index (χ2v) is 7.43. The molecule has 152 valence electrons. The predicted molar refractivity (Wildman–Crippen MR) is 116 cm³/mol. The van der Waals surface area contributed by atoms with Crippen molar-refractivity contribution in [3.05, 3.63) is 64.9 Å². The summed E-state index contributed by atoms with van der Waals surface area (Å²) in [6, 6.07) is 18.4. The number of nitrogens with zero attached hydrogens (tertiary/aromatic N) is 4. The average Bonchev–Trinajstić information content (AvgIpc) is 3.08. The molecule has 1 saturated heterocycles. The van der Waals surface area contributed by atoms with Gasteiger partial charge in [-0.1, -0.05) is 42.5 Å². The third-order valence-corrected chi connectivity index (χ3v) is 5.61. The van der Waals surface area contributed by atoms with Crippen molar-refractivity contribution in [2.45, 2.75) is 19.6 Å². The molecule has 1 fully saturated rings. The molecule has 0 aliphatic carbocycles. The van der Waals surface area contributed by atoms with E-state index in [1.165, 1.54) is 5.56 Å². The first kappa shape index (κ1) is 19.8. The summed E-state index contributed by atoms with van der Waals surface area (Å²) in [7, 11) is 1.69. The van der Waals surface area contributed by atoms with E-state index in [0.717, 1.165) is 61.2 Å².